The molecule has 0 N–H and O–H groups in total. The Balaban J connectivity index is 1.41. The zero-order valence-electron chi connectivity index (χ0n) is 15.4. The van der Waals surface area contributed by atoms with Crippen LogP contribution < -0.4 is 0 Å². The quantitative estimate of drug-likeness (QED) is 0.628. The Kier molecular flexibility index (Phi) is 6.14. The Morgan fingerprint density at radius 1 is 1.12 bits per heavy atom. The number of cyclic esters (lactones) is 1. The van der Waals surface area contributed by atoms with Gasteiger partial charge in [0.2, 0.25) is 0 Å². The molecule has 8 heteroatoms. The first-order valence-electron chi connectivity index (χ1n) is 9.22. The fourth-order valence-electron chi connectivity index (χ4n) is 3.91. The Bertz CT molecular complexity index is 473. The van der Waals surface area contributed by atoms with E-state index in [0.717, 1.165) is 58.7 Å². The number of esters is 1. The number of piperidine rings is 1. The minimum absolute atomic E-state index is 0.0423. The molecule has 0 saturated carbocycles. The molecule has 3 aliphatic rings. The van der Waals surface area contributed by atoms with Crippen LogP contribution in [0.4, 0.5) is 4.79 Å². The van der Waals surface area contributed by atoms with Gasteiger partial charge in [-0.05, 0) is 33.0 Å². The third kappa shape index (κ3) is 4.83. The molecule has 0 bridgehead atoms. The fourth-order valence-corrected chi connectivity index (χ4v) is 3.91. The van der Waals surface area contributed by atoms with Gasteiger partial charge >= 0.3 is 12.1 Å². The van der Waals surface area contributed by atoms with Gasteiger partial charge < -0.3 is 19.3 Å². The highest BCUT2D eigenvalue weighted by atomic mass is 16.6. The summed E-state index contributed by atoms with van der Waals surface area (Å²) in [5.41, 5.74) is 0. The molecule has 25 heavy (non-hydrogen) atoms. The maximum absolute atomic E-state index is 12.2. The summed E-state index contributed by atoms with van der Waals surface area (Å²) >= 11 is 0. The van der Waals surface area contributed by atoms with Crippen molar-refractivity contribution in [3.05, 3.63) is 0 Å². The van der Waals surface area contributed by atoms with Crippen molar-refractivity contribution < 1.29 is 19.1 Å². The molecule has 1 unspecified atom stereocenters. The van der Waals surface area contributed by atoms with Gasteiger partial charge in [-0.15, -0.1) is 0 Å². The van der Waals surface area contributed by atoms with Crippen LogP contribution >= 0.6 is 0 Å². The van der Waals surface area contributed by atoms with Crippen molar-refractivity contribution in [3.8, 4) is 0 Å². The minimum Gasteiger partial charge on any atom is -0.468 e. The molecule has 0 spiro atoms. The highest BCUT2D eigenvalue weighted by Crippen LogP contribution is 2.22. The Morgan fingerprint density at radius 3 is 2.40 bits per heavy atom. The Morgan fingerprint density at radius 2 is 1.76 bits per heavy atom. The van der Waals surface area contributed by atoms with Crippen LogP contribution in [0.25, 0.3) is 0 Å². The Hall–Kier alpha value is -1.38. The van der Waals surface area contributed by atoms with Crippen LogP contribution in [0, 0.1) is 0 Å². The molecule has 0 aromatic rings. The molecule has 8 nitrogen and oxygen atoms in total. The summed E-state index contributed by atoms with van der Waals surface area (Å²) in [4.78, 5) is 32.2. The van der Waals surface area contributed by atoms with Crippen LogP contribution in [0.1, 0.15) is 12.8 Å². The normalized spacial score (nSPS) is 27.5. The smallest absolute Gasteiger partial charge is 0.410 e. The van der Waals surface area contributed by atoms with Gasteiger partial charge in [-0.1, -0.05) is 0 Å². The highest BCUT2D eigenvalue weighted by Gasteiger charge is 2.38. The van der Waals surface area contributed by atoms with Crippen LogP contribution in [0.3, 0.4) is 0 Å². The van der Waals surface area contributed by atoms with Crippen molar-refractivity contribution >= 4 is 12.1 Å². The minimum atomic E-state index is -0.188. The molecular weight excluding hydrogens is 324 g/mol. The van der Waals surface area contributed by atoms with E-state index in [-0.39, 0.29) is 18.2 Å². The van der Waals surface area contributed by atoms with Crippen molar-refractivity contribution in [2.45, 2.75) is 25.0 Å². The van der Waals surface area contributed by atoms with Gasteiger partial charge in [0, 0.05) is 38.8 Å². The molecule has 1 amide bonds. The lowest BCUT2D eigenvalue weighted by Gasteiger charge is -2.35. The summed E-state index contributed by atoms with van der Waals surface area (Å²) in [5, 5.41) is 0. The zero-order valence-corrected chi connectivity index (χ0v) is 15.4. The number of carbonyl (C=O) groups excluding carboxylic acids is 2. The molecule has 3 fully saturated rings. The molecule has 0 aliphatic carbocycles. The second kappa shape index (κ2) is 8.33. The third-order valence-electron chi connectivity index (χ3n) is 5.54. The number of piperazine rings is 1. The molecule has 0 radical (unpaired) electrons. The van der Waals surface area contributed by atoms with Gasteiger partial charge in [0.25, 0.3) is 0 Å². The number of rotatable bonds is 5. The number of nitrogens with zero attached hydrogens (tertiary/aromatic N) is 4. The number of amides is 1. The van der Waals surface area contributed by atoms with Crippen LogP contribution in [0.15, 0.2) is 0 Å². The molecule has 3 saturated heterocycles. The van der Waals surface area contributed by atoms with Crippen molar-refractivity contribution in [1.29, 1.82) is 0 Å². The summed E-state index contributed by atoms with van der Waals surface area (Å²) in [6, 6.07) is 0.325. The molecule has 3 rings (SSSR count). The first-order chi connectivity index (χ1) is 12.0. The van der Waals surface area contributed by atoms with Crippen molar-refractivity contribution in [2.75, 3.05) is 73.1 Å². The van der Waals surface area contributed by atoms with E-state index in [4.69, 9.17) is 9.47 Å². The van der Waals surface area contributed by atoms with Crippen LogP contribution in [0.5, 0.6) is 0 Å². The second-order valence-corrected chi connectivity index (χ2v) is 7.35. The van der Waals surface area contributed by atoms with Gasteiger partial charge in [0.05, 0.1) is 20.2 Å². The lowest BCUT2D eigenvalue weighted by Crippen LogP contribution is -2.50. The summed E-state index contributed by atoms with van der Waals surface area (Å²) in [5.74, 6) is -0.188. The standard InChI is InChI=1S/C17H30N4O4/c1-18-5-3-14(4-6-18)21-12-15(25-17(21)23)11-19-7-9-20(10-8-19)13-16(22)24-2/h14-15H,3-13H2,1-2H3. The molecule has 142 valence electrons. The van der Waals surface area contributed by atoms with Gasteiger partial charge in [0.15, 0.2) is 0 Å². The monoisotopic (exact) mass is 354 g/mol. The number of ether oxygens (including phenoxy) is 2. The summed E-state index contributed by atoms with van der Waals surface area (Å²) in [7, 11) is 3.55. The number of carbonyl (C=O) groups is 2. The number of methoxy groups -OCH3 is 1. The fraction of sp³-hybridized carbons (Fsp3) is 0.882. The zero-order chi connectivity index (χ0) is 17.8. The molecule has 1 atom stereocenters. The summed E-state index contributed by atoms with van der Waals surface area (Å²) < 4.78 is 10.3. The molecule has 0 aromatic carbocycles. The Labute approximate surface area is 149 Å². The molecular formula is C17H30N4O4. The van der Waals surface area contributed by atoms with Gasteiger partial charge in [-0.25, -0.2) is 4.79 Å². The number of likely N-dealkylation sites (tertiary alicyclic amines) is 1. The first kappa shape index (κ1) is 18.4. The average molecular weight is 354 g/mol. The van der Waals surface area contributed by atoms with Crippen LogP contribution in [-0.2, 0) is 14.3 Å². The summed E-state index contributed by atoms with van der Waals surface area (Å²) in [6.07, 6.45) is 1.87. The largest absolute Gasteiger partial charge is 0.468 e. The lowest BCUT2D eigenvalue weighted by atomic mass is 10.0. The molecule has 0 aromatic heterocycles. The third-order valence-corrected chi connectivity index (χ3v) is 5.54. The van der Waals surface area contributed by atoms with Gasteiger partial charge in [-0.3, -0.25) is 14.6 Å². The lowest BCUT2D eigenvalue weighted by molar-refractivity contribution is -0.142. The van der Waals surface area contributed by atoms with E-state index in [0.29, 0.717) is 19.1 Å². The van der Waals surface area contributed by atoms with E-state index in [1.54, 1.807) is 0 Å². The summed E-state index contributed by atoms with van der Waals surface area (Å²) in [6.45, 7) is 7.38. The van der Waals surface area contributed by atoms with Gasteiger partial charge in [-0.2, -0.15) is 0 Å². The van der Waals surface area contributed by atoms with E-state index in [9.17, 15) is 9.59 Å². The second-order valence-electron chi connectivity index (χ2n) is 7.35. The topological polar surface area (TPSA) is 65.6 Å². The van der Waals surface area contributed by atoms with Crippen molar-refractivity contribution in [2.24, 2.45) is 0 Å². The number of hydrogen-bond acceptors (Lipinski definition) is 7. The van der Waals surface area contributed by atoms with E-state index in [1.165, 1.54) is 7.11 Å². The molecule has 3 heterocycles. The SMILES string of the molecule is COC(=O)CN1CCN(CC2CN(C3CCN(C)CC3)C(=O)O2)CC1. The predicted molar refractivity (Wildman–Crippen MR) is 92.4 cm³/mol. The molecule has 3 aliphatic heterocycles. The maximum atomic E-state index is 12.2. The highest BCUT2D eigenvalue weighted by molar-refractivity contribution is 5.71. The van der Waals surface area contributed by atoms with Crippen LogP contribution in [-0.4, -0.2) is 117 Å². The average Bonchev–Trinajstić information content (AvgIpc) is 2.97. The van der Waals surface area contributed by atoms with E-state index in [1.807, 2.05) is 4.90 Å². The van der Waals surface area contributed by atoms with E-state index < -0.39 is 0 Å². The number of hydrogen-bond donors (Lipinski definition) is 0. The maximum Gasteiger partial charge on any atom is 0.410 e. The first-order valence-corrected chi connectivity index (χ1v) is 9.22. The van der Waals surface area contributed by atoms with E-state index in [2.05, 4.69) is 21.7 Å². The predicted octanol–water partition coefficient (Wildman–Crippen LogP) is -0.308. The van der Waals surface area contributed by atoms with Crippen molar-refractivity contribution in [3.63, 3.8) is 0 Å². The van der Waals surface area contributed by atoms with Crippen LogP contribution in [0.2, 0.25) is 0 Å². The van der Waals surface area contributed by atoms with Crippen molar-refractivity contribution in [1.82, 2.24) is 19.6 Å². The van der Waals surface area contributed by atoms with Gasteiger partial charge in [0.1, 0.15) is 6.10 Å². The van der Waals surface area contributed by atoms with E-state index >= 15 is 0 Å².